The lowest BCUT2D eigenvalue weighted by Crippen LogP contribution is -2.15. The van der Waals surface area contributed by atoms with E-state index in [1.807, 2.05) is 6.07 Å². The lowest BCUT2D eigenvalue weighted by Gasteiger charge is -2.08. The first kappa shape index (κ1) is 19.9. The Labute approximate surface area is 177 Å². The molecular weight excluding hydrogens is 428 g/mol. The number of halogens is 1. The third-order valence-electron chi connectivity index (χ3n) is 4.34. The maximum atomic E-state index is 12.6. The molecule has 2 N–H and O–H groups in total. The van der Waals surface area contributed by atoms with Crippen molar-refractivity contribution >= 4 is 50.1 Å². The first-order valence-corrected chi connectivity index (χ1v) is 10.6. The number of anilines is 2. The number of carbonyl (C=O) groups is 1. The van der Waals surface area contributed by atoms with Crippen LogP contribution in [0.5, 0.6) is 0 Å². The van der Waals surface area contributed by atoms with Crippen LogP contribution in [-0.2, 0) is 10.0 Å². The summed E-state index contributed by atoms with van der Waals surface area (Å²) in [5.74, 6) is -0.363. The summed E-state index contributed by atoms with van der Waals surface area (Å²) in [6.45, 7) is 1.77. The Morgan fingerprint density at radius 2 is 1.73 bits per heavy atom. The van der Waals surface area contributed by atoms with Crippen molar-refractivity contribution < 1.29 is 17.6 Å². The molecule has 8 nitrogen and oxygen atoms in total. The molecule has 0 saturated carbocycles. The molecule has 4 aromatic rings. The zero-order chi connectivity index (χ0) is 21.3. The molecule has 0 spiro atoms. The minimum absolute atomic E-state index is 0.000323. The van der Waals surface area contributed by atoms with Gasteiger partial charge in [-0.05, 0) is 43.3 Å². The minimum atomic E-state index is -3.86. The number of nitrogens with one attached hydrogen (secondary N) is 2. The molecule has 0 aliphatic carbocycles. The third kappa shape index (κ3) is 3.85. The Hall–Kier alpha value is -3.43. The summed E-state index contributed by atoms with van der Waals surface area (Å²) >= 11 is 6.13. The zero-order valence-corrected chi connectivity index (χ0v) is 17.2. The average Bonchev–Trinajstić information content (AvgIpc) is 3.07. The highest BCUT2D eigenvalue weighted by molar-refractivity contribution is 7.92. The lowest BCUT2D eigenvalue weighted by atomic mass is 10.1. The van der Waals surface area contributed by atoms with E-state index in [-0.39, 0.29) is 16.6 Å². The summed E-state index contributed by atoms with van der Waals surface area (Å²) in [5.41, 5.74) is 1.51. The molecule has 0 saturated heterocycles. The molecule has 0 aliphatic rings. The first-order valence-electron chi connectivity index (χ1n) is 8.74. The van der Waals surface area contributed by atoms with E-state index in [0.717, 1.165) is 5.39 Å². The van der Waals surface area contributed by atoms with Gasteiger partial charge in [0.25, 0.3) is 15.9 Å². The van der Waals surface area contributed by atoms with Crippen molar-refractivity contribution in [1.29, 1.82) is 0 Å². The molecule has 1 amide bonds. The van der Waals surface area contributed by atoms with Gasteiger partial charge >= 0.3 is 0 Å². The molecule has 2 aromatic heterocycles. The SMILES string of the molecule is Cc1c(C(=O)Nc2ccc(S(=O)(=O)Nc3ncccn3)cc2)oc2c(Cl)cccc12. The van der Waals surface area contributed by atoms with Gasteiger partial charge in [0.05, 0.1) is 9.92 Å². The number of furan rings is 1. The Balaban J connectivity index is 1.53. The van der Waals surface area contributed by atoms with Crippen molar-refractivity contribution in [2.45, 2.75) is 11.8 Å². The number of amides is 1. The largest absolute Gasteiger partial charge is 0.449 e. The van der Waals surface area contributed by atoms with Gasteiger partial charge in [-0.3, -0.25) is 4.79 Å². The second-order valence-corrected chi connectivity index (χ2v) is 8.42. The van der Waals surface area contributed by atoms with Crippen LogP contribution in [0.15, 0.2) is 70.2 Å². The van der Waals surface area contributed by atoms with Crippen LogP contribution in [-0.4, -0.2) is 24.3 Å². The minimum Gasteiger partial charge on any atom is -0.449 e. The van der Waals surface area contributed by atoms with Gasteiger partial charge in [-0.25, -0.2) is 23.1 Å². The Kier molecular flexibility index (Phi) is 5.15. The predicted molar refractivity (Wildman–Crippen MR) is 113 cm³/mol. The van der Waals surface area contributed by atoms with E-state index in [4.69, 9.17) is 16.0 Å². The maximum Gasteiger partial charge on any atom is 0.291 e. The third-order valence-corrected chi connectivity index (χ3v) is 5.98. The number of aromatic nitrogens is 2. The normalized spacial score (nSPS) is 11.4. The highest BCUT2D eigenvalue weighted by atomic mass is 35.5. The van der Waals surface area contributed by atoms with Crippen LogP contribution in [0.1, 0.15) is 16.1 Å². The number of hydrogen-bond acceptors (Lipinski definition) is 6. The molecule has 0 aliphatic heterocycles. The quantitative estimate of drug-likeness (QED) is 0.477. The van der Waals surface area contributed by atoms with E-state index >= 15 is 0 Å². The molecule has 0 atom stereocenters. The van der Waals surface area contributed by atoms with Crippen LogP contribution in [0.4, 0.5) is 11.6 Å². The van der Waals surface area contributed by atoms with Gasteiger partial charge in [-0.15, -0.1) is 0 Å². The topological polar surface area (TPSA) is 114 Å². The van der Waals surface area contributed by atoms with E-state index in [0.29, 0.717) is 21.9 Å². The fourth-order valence-electron chi connectivity index (χ4n) is 2.86. The first-order chi connectivity index (χ1) is 14.3. The zero-order valence-electron chi connectivity index (χ0n) is 15.6. The van der Waals surface area contributed by atoms with E-state index in [2.05, 4.69) is 20.0 Å². The number of para-hydroxylation sites is 1. The van der Waals surface area contributed by atoms with Gasteiger partial charge in [0.1, 0.15) is 0 Å². The predicted octanol–water partition coefficient (Wildman–Crippen LogP) is 4.24. The molecule has 0 bridgehead atoms. The Morgan fingerprint density at radius 3 is 2.40 bits per heavy atom. The molecule has 0 unspecified atom stereocenters. The molecule has 30 heavy (non-hydrogen) atoms. The van der Waals surface area contributed by atoms with Crippen LogP contribution in [0.2, 0.25) is 5.02 Å². The second kappa shape index (κ2) is 7.77. The van der Waals surface area contributed by atoms with E-state index in [1.54, 1.807) is 25.1 Å². The standard InChI is InChI=1S/C20H15ClN4O4S/c1-12-15-4-2-5-16(21)18(15)29-17(12)19(26)24-13-6-8-14(9-7-13)30(27,28)25-20-22-10-3-11-23-20/h2-11H,1H3,(H,24,26)(H,22,23,25). The van der Waals surface area contributed by atoms with E-state index in [9.17, 15) is 13.2 Å². The van der Waals surface area contributed by atoms with Crippen molar-refractivity contribution in [3.8, 4) is 0 Å². The van der Waals surface area contributed by atoms with Crippen molar-refractivity contribution in [2.24, 2.45) is 0 Å². The molecule has 4 rings (SSSR count). The lowest BCUT2D eigenvalue weighted by molar-refractivity contribution is 0.0998. The van der Waals surface area contributed by atoms with E-state index < -0.39 is 15.9 Å². The average molecular weight is 443 g/mol. The van der Waals surface area contributed by atoms with Gasteiger partial charge in [-0.1, -0.05) is 23.7 Å². The van der Waals surface area contributed by atoms with Crippen LogP contribution < -0.4 is 10.0 Å². The summed E-state index contributed by atoms with van der Waals surface area (Å²) in [4.78, 5) is 20.3. The van der Waals surface area contributed by atoms with Crippen LogP contribution in [0, 0.1) is 6.92 Å². The van der Waals surface area contributed by atoms with Crippen LogP contribution >= 0.6 is 11.6 Å². The number of rotatable bonds is 5. The number of carbonyl (C=O) groups excluding carboxylic acids is 1. The number of sulfonamides is 1. The summed E-state index contributed by atoms with van der Waals surface area (Å²) in [5, 5.41) is 3.86. The number of benzene rings is 2. The highest BCUT2D eigenvalue weighted by Crippen LogP contribution is 2.31. The molecule has 2 aromatic carbocycles. The number of fused-ring (bicyclic) bond motifs is 1. The van der Waals surface area contributed by atoms with Crippen molar-refractivity contribution in [1.82, 2.24) is 9.97 Å². The molecule has 10 heteroatoms. The highest BCUT2D eigenvalue weighted by Gasteiger charge is 2.20. The molecule has 152 valence electrons. The molecule has 0 radical (unpaired) electrons. The Morgan fingerprint density at radius 1 is 1.03 bits per heavy atom. The summed E-state index contributed by atoms with van der Waals surface area (Å²) in [7, 11) is -3.86. The molecule has 0 fully saturated rings. The fraction of sp³-hybridized carbons (Fsp3) is 0.0500. The Bertz CT molecular complexity index is 1340. The van der Waals surface area contributed by atoms with E-state index in [1.165, 1.54) is 36.7 Å². The second-order valence-electron chi connectivity index (χ2n) is 6.33. The maximum absolute atomic E-state index is 12.6. The monoisotopic (exact) mass is 442 g/mol. The summed E-state index contributed by atoms with van der Waals surface area (Å²) in [6.07, 6.45) is 2.85. The van der Waals surface area contributed by atoms with Crippen molar-refractivity contribution in [2.75, 3.05) is 10.0 Å². The van der Waals surface area contributed by atoms with Gasteiger partial charge in [0.2, 0.25) is 5.95 Å². The molecule has 2 heterocycles. The van der Waals surface area contributed by atoms with Gasteiger partial charge < -0.3 is 9.73 Å². The van der Waals surface area contributed by atoms with Gasteiger partial charge in [0, 0.05) is 29.0 Å². The number of aryl methyl sites for hydroxylation is 1. The number of hydrogen-bond donors (Lipinski definition) is 2. The van der Waals surface area contributed by atoms with Gasteiger partial charge in [0.15, 0.2) is 11.3 Å². The fourth-order valence-corrected chi connectivity index (χ4v) is 4.03. The van der Waals surface area contributed by atoms with Crippen LogP contribution in [0.3, 0.4) is 0 Å². The smallest absolute Gasteiger partial charge is 0.291 e. The van der Waals surface area contributed by atoms with Crippen molar-refractivity contribution in [3.63, 3.8) is 0 Å². The van der Waals surface area contributed by atoms with Gasteiger partial charge in [-0.2, -0.15) is 0 Å². The number of nitrogens with zero attached hydrogens (tertiary/aromatic N) is 2. The van der Waals surface area contributed by atoms with Crippen molar-refractivity contribution in [3.05, 3.63) is 77.3 Å². The molecular formula is C20H15ClN4O4S. The summed E-state index contributed by atoms with van der Waals surface area (Å²) in [6, 6.07) is 12.5. The van der Waals surface area contributed by atoms with Crippen LogP contribution in [0.25, 0.3) is 11.0 Å². The summed E-state index contributed by atoms with van der Waals surface area (Å²) < 4.78 is 32.8.